The van der Waals surface area contributed by atoms with Crippen LogP contribution in [0.1, 0.15) is 89.5 Å². The predicted molar refractivity (Wildman–Crippen MR) is 160 cm³/mol. The number of carboxylic acid groups (broad SMARTS) is 1. The quantitative estimate of drug-likeness (QED) is 0.242. The van der Waals surface area contributed by atoms with Crippen molar-refractivity contribution in [3.63, 3.8) is 0 Å². The standard InChI is InChI=1S/C16H15F3N2O2.C16H34N2/c17-16(18,19)12-3-4-13(11-2-1-7-20-14(11)12)21-8-5-10(6-9-21)15(22)23;1-3-4-5-6-7-8-9-10-13-17-15-16-12-11-14-18(16)2/h1-4,7,10H,5-6,8-9H2,(H,22,23);16-17H,3-15H2,1-2H3. The Hall–Kier alpha value is -2.39. The first-order chi connectivity index (χ1) is 19.7. The predicted octanol–water partition coefficient (Wildman–Crippen LogP) is 7.37. The van der Waals surface area contributed by atoms with Crippen molar-refractivity contribution >= 4 is 22.6 Å². The van der Waals surface area contributed by atoms with Gasteiger partial charge in [-0.15, -0.1) is 0 Å². The van der Waals surface area contributed by atoms with E-state index >= 15 is 0 Å². The second-order valence-corrected chi connectivity index (χ2v) is 11.6. The SMILES string of the molecule is CCCCCCCCCCNCC1CCCN1C.O=C(O)C1CCN(c2ccc(C(F)(F)F)c3ncccc23)CC1. The largest absolute Gasteiger partial charge is 0.481 e. The van der Waals surface area contributed by atoms with E-state index < -0.39 is 17.7 Å². The number of carboxylic acids is 1. The van der Waals surface area contributed by atoms with Crippen LogP contribution in [-0.4, -0.2) is 66.8 Å². The molecule has 3 heterocycles. The summed E-state index contributed by atoms with van der Waals surface area (Å²) in [5.41, 5.74) is -0.153. The lowest BCUT2D eigenvalue weighted by Crippen LogP contribution is -2.36. The molecule has 2 N–H and O–H groups in total. The molecule has 2 aliphatic heterocycles. The van der Waals surface area contributed by atoms with E-state index in [2.05, 4.69) is 29.2 Å². The van der Waals surface area contributed by atoms with E-state index in [1.54, 1.807) is 12.1 Å². The summed E-state index contributed by atoms with van der Waals surface area (Å²) in [4.78, 5) is 19.4. The van der Waals surface area contributed by atoms with E-state index in [1.165, 1.54) is 96.1 Å². The Morgan fingerprint density at radius 2 is 1.68 bits per heavy atom. The van der Waals surface area contributed by atoms with Crippen molar-refractivity contribution < 1.29 is 23.1 Å². The van der Waals surface area contributed by atoms with E-state index in [0.29, 0.717) is 37.0 Å². The Morgan fingerprint density at radius 3 is 2.29 bits per heavy atom. The van der Waals surface area contributed by atoms with Gasteiger partial charge in [-0.3, -0.25) is 9.78 Å². The van der Waals surface area contributed by atoms with Gasteiger partial charge >= 0.3 is 12.1 Å². The lowest BCUT2D eigenvalue weighted by molar-refractivity contribution is -0.142. The fourth-order valence-corrected chi connectivity index (χ4v) is 5.92. The van der Waals surface area contributed by atoms with Crippen molar-refractivity contribution in [2.45, 2.75) is 96.2 Å². The van der Waals surface area contributed by atoms with Gasteiger partial charge in [0.15, 0.2) is 0 Å². The minimum Gasteiger partial charge on any atom is -0.481 e. The molecule has 6 nitrogen and oxygen atoms in total. The molecule has 0 radical (unpaired) electrons. The van der Waals surface area contributed by atoms with E-state index in [4.69, 9.17) is 5.11 Å². The van der Waals surface area contributed by atoms with Gasteiger partial charge in [0.05, 0.1) is 17.0 Å². The maximum Gasteiger partial charge on any atom is 0.418 e. The summed E-state index contributed by atoms with van der Waals surface area (Å²) in [6.45, 7) is 7.02. The maximum absolute atomic E-state index is 13.1. The summed E-state index contributed by atoms with van der Waals surface area (Å²) in [5.74, 6) is -1.20. The Morgan fingerprint density at radius 1 is 1.00 bits per heavy atom. The number of halogens is 3. The third-order valence-corrected chi connectivity index (χ3v) is 8.50. The number of nitrogens with zero attached hydrogens (tertiary/aromatic N) is 3. The van der Waals surface area contributed by atoms with Crippen LogP contribution in [0, 0.1) is 5.92 Å². The summed E-state index contributed by atoms with van der Waals surface area (Å²) in [7, 11) is 2.26. The highest BCUT2D eigenvalue weighted by Crippen LogP contribution is 2.38. The number of hydrogen-bond acceptors (Lipinski definition) is 5. The number of aliphatic carboxylic acids is 1. The molecule has 1 aromatic carbocycles. The fraction of sp³-hybridized carbons (Fsp3) is 0.688. The molecule has 2 fully saturated rings. The Balaban J connectivity index is 0.000000233. The van der Waals surface area contributed by atoms with E-state index in [9.17, 15) is 18.0 Å². The van der Waals surface area contributed by atoms with Gasteiger partial charge in [0.2, 0.25) is 0 Å². The molecule has 0 bridgehead atoms. The summed E-state index contributed by atoms with van der Waals surface area (Å²) in [6, 6.07) is 6.53. The number of pyridine rings is 1. The van der Waals surface area contributed by atoms with E-state index in [-0.39, 0.29) is 11.4 Å². The fourth-order valence-electron chi connectivity index (χ4n) is 5.92. The molecular formula is C32H49F3N4O2. The van der Waals surface area contributed by atoms with Crippen molar-refractivity contribution in [3.8, 4) is 0 Å². The van der Waals surface area contributed by atoms with Crippen LogP contribution in [0.4, 0.5) is 18.9 Å². The zero-order valence-corrected chi connectivity index (χ0v) is 24.9. The van der Waals surface area contributed by atoms with Crippen LogP contribution in [-0.2, 0) is 11.0 Å². The molecule has 0 spiro atoms. The Labute approximate surface area is 243 Å². The molecule has 2 aliphatic rings. The first kappa shape index (κ1) is 33.1. The highest BCUT2D eigenvalue weighted by molar-refractivity contribution is 5.94. The number of likely N-dealkylation sites (tertiary alicyclic amines) is 1. The Kier molecular flexibility index (Phi) is 13.7. The first-order valence-corrected chi connectivity index (χ1v) is 15.6. The number of unbranched alkanes of at least 4 members (excludes halogenated alkanes) is 7. The summed E-state index contributed by atoms with van der Waals surface area (Å²) >= 11 is 0. The van der Waals surface area contributed by atoms with Crippen LogP contribution >= 0.6 is 0 Å². The molecule has 4 rings (SSSR count). The number of anilines is 1. The number of piperidine rings is 1. The number of rotatable bonds is 13. The highest BCUT2D eigenvalue weighted by Gasteiger charge is 2.34. The molecule has 230 valence electrons. The molecule has 0 amide bonds. The number of benzene rings is 1. The number of hydrogen-bond donors (Lipinski definition) is 2. The van der Waals surface area contributed by atoms with E-state index in [0.717, 1.165) is 12.1 Å². The summed E-state index contributed by atoms with van der Waals surface area (Å²) in [6.07, 6.45) is 12.0. The third kappa shape index (κ3) is 10.4. The average molecular weight is 579 g/mol. The maximum atomic E-state index is 13.1. The third-order valence-electron chi connectivity index (χ3n) is 8.50. The molecule has 1 aromatic heterocycles. The lowest BCUT2D eigenvalue weighted by Gasteiger charge is -2.33. The van der Waals surface area contributed by atoms with Gasteiger partial charge in [-0.25, -0.2) is 0 Å². The molecule has 41 heavy (non-hydrogen) atoms. The van der Waals surface area contributed by atoms with Gasteiger partial charge in [-0.05, 0) is 76.5 Å². The van der Waals surface area contributed by atoms with Crippen molar-refractivity contribution in [2.75, 3.05) is 44.7 Å². The molecule has 9 heteroatoms. The first-order valence-electron chi connectivity index (χ1n) is 15.6. The molecule has 0 aliphatic carbocycles. The minimum atomic E-state index is -4.46. The van der Waals surface area contributed by atoms with Gasteiger partial charge in [-0.2, -0.15) is 13.2 Å². The Bertz CT molecular complexity index is 1060. The molecule has 0 saturated carbocycles. The number of alkyl halides is 3. The van der Waals surface area contributed by atoms with Crippen LogP contribution in [0.25, 0.3) is 10.9 Å². The molecule has 1 unspecified atom stereocenters. The molecule has 2 aromatic rings. The second kappa shape index (κ2) is 16.9. The monoisotopic (exact) mass is 578 g/mol. The van der Waals surface area contributed by atoms with Crippen molar-refractivity contribution in [1.82, 2.24) is 15.2 Å². The normalized spacial score (nSPS) is 18.5. The lowest BCUT2D eigenvalue weighted by atomic mass is 9.96. The van der Waals surface area contributed by atoms with Gasteiger partial charge in [0.1, 0.15) is 0 Å². The van der Waals surface area contributed by atoms with Crippen molar-refractivity contribution in [3.05, 3.63) is 36.0 Å². The van der Waals surface area contributed by atoms with Gasteiger partial charge in [0.25, 0.3) is 0 Å². The summed E-state index contributed by atoms with van der Waals surface area (Å²) < 4.78 is 39.3. The number of fused-ring (bicyclic) bond motifs is 1. The van der Waals surface area contributed by atoms with Crippen LogP contribution < -0.4 is 10.2 Å². The van der Waals surface area contributed by atoms with Gasteiger partial charge in [-0.1, -0.05) is 51.9 Å². The van der Waals surface area contributed by atoms with Crippen LogP contribution in [0.5, 0.6) is 0 Å². The molecule has 2 saturated heterocycles. The van der Waals surface area contributed by atoms with Crippen LogP contribution in [0.15, 0.2) is 30.5 Å². The average Bonchev–Trinajstić information content (AvgIpc) is 3.37. The topological polar surface area (TPSA) is 68.7 Å². The van der Waals surface area contributed by atoms with Gasteiger partial charge < -0.3 is 20.2 Å². The number of carbonyl (C=O) groups is 1. The number of nitrogens with one attached hydrogen (secondary N) is 1. The van der Waals surface area contributed by atoms with Gasteiger partial charge in [0, 0.05) is 42.9 Å². The van der Waals surface area contributed by atoms with Crippen molar-refractivity contribution in [2.24, 2.45) is 5.92 Å². The zero-order valence-electron chi connectivity index (χ0n) is 24.9. The molecule has 1 atom stereocenters. The van der Waals surface area contributed by atoms with Crippen molar-refractivity contribution in [1.29, 1.82) is 0 Å². The zero-order chi connectivity index (χ0) is 29.7. The van der Waals surface area contributed by atoms with Crippen LogP contribution in [0.3, 0.4) is 0 Å². The van der Waals surface area contributed by atoms with Crippen LogP contribution in [0.2, 0.25) is 0 Å². The smallest absolute Gasteiger partial charge is 0.418 e. The second-order valence-electron chi connectivity index (χ2n) is 11.6. The molecular weight excluding hydrogens is 529 g/mol. The minimum absolute atomic E-state index is 0.0714. The van der Waals surface area contributed by atoms with E-state index in [1.807, 2.05) is 4.90 Å². The highest BCUT2D eigenvalue weighted by atomic mass is 19.4. The summed E-state index contributed by atoms with van der Waals surface area (Å²) in [5, 5.41) is 13.1. The number of likely N-dealkylation sites (N-methyl/N-ethyl adjacent to an activating group) is 1. The number of aromatic nitrogens is 1.